The van der Waals surface area contributed by atoms with Gasteiger partial charge in [-0.15, -0.1) is 24.0 Å². The Morgan fingerprint density at radius 2 is 1.77 bits per heavy atom. The molecule has 2 aliphatic rings. The number of halogens is 2. The van der Waals surface area contributed by atoms with Crippen molar-refractivity contribution < 1.29 is 14.2 Å². The van der Waals surface area contributed by atoms with Gasteiger partial charge in [-0.25, -0.2) is 0 Å². The highest BCUT2D eigenvalue weighted by atomic mass is 127. The van der Waals surface area contributed by atoms with E-state index in [4.69, 9.17) is 25.8 Å². The summed E-state index contributed by atoms with van der Waals surface area (Å²) in [6, 6.07) is 13.9. The van der Waals surface area contributed by atoms with E-state index in [1.54, 1.807) is 7.05 Å². The van der Waals surface area contributed by atoms with Gasteiger partial charge in [0.2, 0.25) is 0 Å². The van der Waals surface area contributed by atoms with Gasteiger partial charge in [-0.05, 0) is 36.6 Å². The van der Waals surface area contributed by atoms with Gasteiger partial charge >= 0.3 is 0 Å². The Morgan fingerprint density at radius 1 is 1.03 bits per heavy atom. The van der Waals surface area contributed by atoms with Crippen LogP contribution in [-0.2, 0) is 10.2 Å². The highest BCUT2D eigenvalue weighted by molar-refractivity contribution is 14.0. The molecule has 2 aromatic carbocycles. The quantitative estimate of drug-likeness (QED) is 0.320. The molecule has 1 saturated heterocycles. The Bertz CT molecular complexity index is 903. The van der Waals surface area contributed by atoms with Crippen molar-refractivity contribution in [3.8, 4) is 11.5 Å². The average molecular weight is 558 g/mol. The molecule has 2 aliphatic heterocycles. The Hall–Kier alpha value is -1.71. The fraction of sp³-hybridized carbons (Fsp3) is 0.435. The van der Waals surface area contributed by atoms with Crippen molar-refractivity contribution >= 4 is 47.2 Å². The highest BCUT2D eigenvalue weighted by Gasteiger charge is 2.36. The summed E-state index contributed by atoms with van der Waals surface area (Å²) in [5.74, 6) is 2.23. The van der Waals surface area contributed by atoms with Crippen LogP contribution in [-0.4, -0.2) is 46.0 Å². The molecule has 0 aromatic heterocycles. The first-order valence-corrected chi connectivity index (χ1v) is 10.8. The minimum absolute atomic E-state index is 0. The van der Waals surface area contributed by atoms with Gasteiger partial charge < -0.3 is 24.8 Å². The van der Waals surface area contributed by atoms with Gasteiger partial charge in [-0.3, -0.25) is 4.99 Å². The summed E-state index contributed by atoms with van der Waals surface area (Å²) in [7, 11) is 1.77. The number of rotatable bonds is 4. The van der Waals surface area contributed by atoms with Crippen molar-refractivity contribution in [1.29, 1.82) is 0 Å². The second kappa shape index (κ2) is 11.2. The monoisotopic (exact) mass is 557 g/mol. The zero-order chi connectivity index (χ0) is 20.8. The number of nitrogens with one attached hydrogen (secondary N) is 2. The standard InChI is InChI=1S/C23H28ClN3O3.HI/c1-25-22(27-17-7-8-20-21(15-17)30-12-4-11-29-20)26-16-23(9-13-28-14-10-23)18-5-2-3-6-19(18)24;/h2-3,5-8,15H,4,9-14,16H2,1H3,(H2,25,26,27);1H. The van der Waals surface area contributed by atoms with Crippen LogP contribution < -0.4 is 20.1 Å². The molecule has 8 heteroatoms. The lowest BCUT2D eigenvalue weighted by Crippen LogP contribution is -2.46. The number of anilines is 1. The molecule has 2 N–H and O–H groups in total. The summed E-state index contributed by atoms with van der Waals surface area (Å²) in [5, 5.41) is 7.66. The summed E-state index contributed by atoms with van der Waals surface area (Å²) >= 11 is 6.57. The molecule has 2 heterocycles. The Morgan fingerprint density at radius 3 is 2.52 bits per heavy atom. The van der Waals surface area contributed by atoms with Crippen molar-refractivity contribution in [1.82, 2.24) is 5.32 Å². The first-order valence-electron chi connectivity index (χ1n) is 10.4. The number of aliphatic imine (C=N–C) groups is 1. The first kappa shape index (κ1) is 23.9. The number of guanidine groups is 1. The maximum Gasteiger partial charge on any atom is 0.195 e. The zero-order valence-corrected chi connectivity index (χ0v) is 20.7. The smallest absolute Gasteiger partial charge is 0.195 e. The first-order chi connectivity index (χ1) is 14.7. The van der Waals surface area contributed by atoms with E-state index in [-0.39, 0.29) is 29.4 Å². The molecule has 1 fully saturated rings. The second-order valence-electron chi connectivity index (χ2n) is 7.64. The Balaban J connectivity index is 0.00000272. The number of ether oxygens (including phenoxy) is 3. The normalized spacial score (nSPS) is 17.8. The van der Waals surface area contributed by atoms with Crippen LogP contribution in [0.1, 0.15) is 24.8 Å². The number of benzene rings is 2. The third-order valence-electron chi connectivity index (χ3n) is 5.72. The lowest BCUT2D eigenvalue weighted by Gasteiger charge is -2.38. The third kappa shape index (κ3) is 5.75. The van der Waals surface area contributed by atoms with Crippen LogP contribution in [0.25, 0.3) is 0 Å². The Kier molecular flexibility index (Phi) is 8.68. The minimum atomic E-state index is -0.0983. The van der Waals surface area contributed by atoms with Crippen molar-refractivity contribution in [2.75, 3.05) is 45.3 Å². The molecule has 0 bridgehead atoms. The van der Waals surface area contributed by atoms with E-state index in [0.29, 0.717) is 25.7 Å². The van der Waals surface area contributed by atoms with Gasteiger partial charge in [0, 0.05) is 55.4 Å². The van der Waals surface area contributed by atoms with Crippen LogP contribution in [0, 0.1) is 0 Å². The molecular weight excluding hydrogens is 529 g/mol. The molecule has 0 aliphatic carbocycles. The van der Waals surface area contributed by atoms with Gasteiger partial charge in [0.15, 0.2) is 17.5 Å². The lowest BCUT2D eigenvalue weighted by atomic mass is 9.74. The van der Waals surface area contributed by atoms with Crippen LogP contribution >= 0.6 is 35.6 Å². The predicted octanol–water partition coefficient (Wildman–Crippen LogP) is 4.86. The maximum atomic E-state index is 6.57. The number of nitrogens with zero attached hydrogens (tertiary/aromatic N) is 1. The summed E-state index contributed by atoms with van der Waals surface area (Å²) < 4.78 is 17.1. The van der Waals surface area contributed by atoms with E-state index in [1.807, 2.05) is 36.4 Å². The summed E-state index contributed by atoms with van der Waals surface area (Å²) in [4.78, 5) is 4.40. The number of fused-ring (bicyclic) bond motifs is 1. The fourth-order valence-corrected chi connectivity index (χ4v) is 4.34. The van der Waals surface area contributed by atoms with Crippen LogP contribution in [0.4, 0.5) is 5.69 Å². The molecule has 6 nitrogen and oxygen atoms in total. The predicted molar refractivity (Wildman–Crippen MR) is 136 cm³/mol. The molecule has 0 unspecified atom stereocenters. The number of hydrogen-bond donors (Lipinski definition) is 2. The molecule has 4 rings (SSSR count). The maximum absolute atomic E-state index is 6.57. The molecule has 0 saturated carbocycles. The number of hydrogen-bond acceptors (Lipinski definition) is 4. The molecule has 168 valence electrons. The van der Waals surface area contributed by atoms with E-state index in [9.17, 15) is 0 Å². The van der Waals surface area contributed by atoms with Gasteiger partial charge in [0.05, 0.1) is 13.2 Å². The third-order valence-corrected chi connectivity index (χ3v) is 6.05. The summed E-state index contributed by atoms with van der Waals surface area (Å²) in [5.41, 5.74) is 1.96. The summed E-state index contributed by atoms with van der Waals surface area (Å²) in [6.07, 6.45) is 2.70. The van der Waals surface area contributed by atoms with E-state index >= 15 is 0 Å². The van der Waals surface area contributed by atoms with E-state index < -0.39 is 0 Å². The largest absolute Gasteiger partial charge is 0.490 e. The zero-order valence-electron chi connectivity index (χ0n) is 17.7. The average Bonchev–Trinajstić information content (AvgIpc) is 3.02. The van der Waals surface area contributed by atoms with Crippen LogP contribution in [0.15, 0.2) is 47.5 Å². The van der Waals surface area contributed by atoms with Gasteiger partial charge in [0.25, 0.3) is 0 Å². The Labute approximate surface area is 205 Å². The molecule has 2 aromatic rings. The second-order valence-corrected chi connectivity index (χ2v) is 8.04. The molecule has 0 radical (unpaired) electrons. The minimum Gasteiger partial charge on any atom is -0.490 e. The molecule has 31 heavy (non-hydrogen) atoms. The van der Waals surface area contributed by atoms with Gasteiger partial charge in [-0.2, -0.15) is 0 Å². The SMILES string of the molecule is CN=C(NCC1(c2ccccc2Cl)CCOCC1)Nc1ccc2c(c1)OCCCO2.I. The lowest BCUT2D eigenvalue weighted by molar-refractivity contribution is 0.0515. The topological polar surface area (TPSA) is 64.1 Å². The summed E-state index contributed by atoms with van der Waals surface area (Å²) in [6.45, 7) is 3.50. The van der Waals surface area contributed by atoms with Crippen molar-refractivity contribution in [3.05, 3.63) is 53.1 Å². The van der Waals surface area contributed by atoms with Gasteiger partial charge in [-0.1, -0.05) is 29.8 Å². The van der Waals surface area contributed by atoms with Crippen LogP contribution in [0.2, 0.25) is 5.02 Å². The van der Waals surface area contributed by atoms with Crippen molar-refractivity contribution in [3.63, 3.8) is 0 Å². The fourth-order valence-electron chi connectivity index (χ4n) is 4.00. The highest BCUT2D eigenvalue weighted by Crippen LogP contribution is 2.38. The molecule has 0 amide bonds. The molecule has 0 spiro atoms. The van der Waals surface area contributed by atoms with E-state index in [2.05, 4.69) is 21.7 Å². The van der Waals surface area contributed by atoms with E-state index in [0.717, 1.165) is 60.2 Å². The van der Waals surface area contributed by atoms with E-state index in [1.165, 1.54) is 0 Å². The van der Waals surface area contributed by atoms with Crippen molar-refractivity contribution in [2.45, 2.75) is 24.7 Å². The van der Waals surface area contributed by atoms with Crippen LogP contribution in [0.5, 0.6) is 11.5 Å². The molecular formula is C23H29ClIN3O3. The van der Waals surface area contributed by atoms with Gasteiger partial charge in [0.1, 0.15) is 0 Å². The van der Waals surface area contributed by atoms with Crippen molar-refractivity contribution in [2.24, 2.45) is 4.99 Å². The van der Waals surface area contributed by atoms with Crippen LogP contribution in [0.3, 0.4) is 0 Å². The molecule has 0 atom stereocenters.